The van der Waals surface area contributed by atoms with Gasteiger partial charge in [-0.25, -0.2) is 0 Å². The topological polar surface area (TPSA) is 78.7 Å². The predicted molar refractivity (Wildman–Crippen MR) is 131 cm³/mol. The molecule has 0 spiro atoms. The maximum Gasteiger partial charge on any atom is 0.233 e. The van der Waals surface area contributed by atoms with E-state index in [1.165, 1.54) is 17.3 Å². The third-order valence-corrected chi connectivity index (χ3v) is 6.71. The summed E-state index contributed by atoms with van der Waals surface area (Å²) in [6.07, 6.45) is 1.45. The summed E-state index contributed by atoms with van der Waals surface area (Å²) in [6.45, 7) is 3.17. The number of rotatable bonds is 10. The van der Waals surface area contributed by atoms with Crippen LogP contribution in [-0.2, 0) is 28.9 Å². The lowest BCUT2D eigenvalue weighted by molar-refractivity contribution is -0.132. The normalized spacial score (nSPS) is 13.6. The molecule has 0 aliphatic carbocycles. The minimum absolute atomic E-state index is 0.104. The molecule has 1 aliphatic rings. The molecule has 1 aliphatic heterocycles. The van der Waals surface area contributed by atoms with Crippen molar-refractivity contribution < 1.29 is 19.0 Å². The number of benzene rings is 2. The summed E-state index contributed by atoms with van der Waals surface area (Å²) in [5.41, 5.74) is 2.29. The molecule has 3 aromatic rings. The Kier molecular flexibility index (Phi) is 8.43. The van der Waals surface area contributed by atoms with Gasteiger partial charge in [0.15, 0.2) is 16.7 Å². The lowest BCUT2D eigenvalue weighted by atomic mass is 10.1. The molecule has 0 bridgehead atoms. The van der Waals surface area contributed by atoms with Crippen LogP contribution in [0.3, 0.4) is 0 Å². The van der Waals surface area contributed by atoms with E-state index in [4.69, 9.17) is 14.2 Å². The fourth-order valence-electron chi connectivity index (χ4n) is 3.87. The summed E-state index contributed by atoms with van der Waals surface area (Å²) >= 11 is 1.44. The first-order valence-corrected chi connectivity index (χ1v) is 12.3. The van der Waals surface area contributed by atoms with E-state index in [9.17, 15) is 4.79 Å². The number of nitrogens with zero attached hydrogens (tertiary/aromatic N) is 4. The molecule has 2 aromatic carbocycles. The minimum atomic E-state index is 0.104. The summed E-state index contributed by atoms with van der Waals surface area (Å²) in [7, 11) is 3.27. The Morgan fingerprint density at radius 1 is 1.00 bits per heavy atom. The van der Waals surface area contributed by atoms with Crippen molar-refractivity contribution >= 4 is 17.7 Å². The molecule has 0 atom stereocenters. The standard InChI is InChI=1S/C25H30N4O4S/c1-31-21-9-8-20(16-22(21)32-2)10-11-29-23(17-19-6-4-3-5-7-19)26-27-25(29)34-18-24(30)28-12-14-33-15-13-28/h3-9,16H,10-15,17-18H2,1-2H3. The molecule has 0 unspecified atom stereocenters. The molecule has 0 radical (unpaired) electrons. The molecule has 4 rings (SSSR count). The first kappa shape index (κ1) is 24.1. The van der Waals surface area contributed by atoms with Gasteiger partial charge in [-0.05, 0) is 29.7 Å². The lowest BCUT2D eigenvalue weighted by Crippen LogP contribution is -2.41. The molecule has 1 aromatic heterocycles. The number of aromatic nitrogens is 3. The Bertz CT molecular complexity index is 1080. The Balaban J connectivity index is 1.50. The van der Waals surface area contributed by atoms with E-state index in [0.717, 1.165) is 23.0 Å². The molecule has 1 fully saturated rings. The first-order chi connectivity index (χ1) is 16.7. The van der Waals surface area contributed by atoms with E-state index in [1.54, 1.807) is 14.2 Å². The van der Waals surface area contributed by atoms with Crippen molar-refractivity contribution in [2.75, 3.05) is 46.3 Å². The van der Waals surface area contributed by atoms with Crippen LogP contribution >= 0.6 is 11.8 Å². The Hall–Kier alpha value is -3.04. The van der Waals surface area contributed by atoms with E-state index in [2.05, 4.69) is 26.9 Å². The Labute approximate surface area is 204 Å². The van der Waals surface area contributed by atoms with Gasteiger partial charge >= 0.3 is 0 Å². The average molecular weight is 483 g/mol. The van der Waals surface area contributed by atoms with E-state index in [1.807, 2.05) is 41.3 Å². The molecule has 0 saturated carbocycles. The smallest absolute Gasteiger partial charge is 0.233 e. The lowest BCUT2D eigenvalue weighted by Gasteiger charge is -2.26. The average Bonchev–Trinajstić information content (AvgIpc) is 3.27. The van der Waals surface area contributed by atoms with Crippen LogP contribution in [0.1, 0.15) is 17.0 Å². The number of aryl methyl sites for hydroxylation is 1. The second kappa shape index (κ2) is 11.9. The van der Waals surface area contributed by atoms with E-state index < -0.39 is 0 Å². The van der Waals surface area contributed by atoms with Crippen LogP contribution in [0.25, 0.3) is 0 Å². The van der Waals surface area contributed by atoms with Crippen molar-refractivity contribution in [3.63, 3.8) is 0 Å². The maximum absolute atomic E-state index is 12.7. The summed E-state index contributed by atoms with van der Waals surface area (Å²) in [5, 5.41) is 9.67. The van der Waals surface area contributed by atoms with E-state index >= 15 is 0 Å². The van der Waals surface area contributed by atoms with Crippen molar-refractivity contribution in [2.45, 2.75) is 24.5 Å². The van der Waals surface area contributed by atoms with Crippen LogP contribution in [-0.4, -0.2) is 71.8 Å². The molecule has 8 nitrogen and oxygen atoms in total. The van der Waals surface area contributed by atoms with Crippen molar-refractivity contribution in [1.29, 1.82) is 0 Å². The van der Waals surface area contributed by atoms with Gasteiger partial charge in [0.1, 0.15) is 5.82 Å². The first-order valence-electron chi connectivity index (χ1n) is 11.3. The summed E-state index contributed by atoms with van der Waals surface area (Å²) in [6, 6.07) is 16.2. The zero-order valence-corrected chi connectivity index (χ0v) is 20.4. The van der Waals surface area contributed by atoms with Crippen LogP contribution < -0.4 is 9.47 Å². The third kappa shape index (κ3) is 6.09. The molecule has 2 heterocycles. The number of thioether (sulfide) groups is 1. The van der Waals surface area contributed by atoms with Gasteiger partial charge in [-0.1, -0.05) is 48.2 Å². The highest BCUT2D eigenvalue weighted by atomic mass is 32.2. The highest BCUT2D eigenvalue weighted by Crippen LogP contribution is 2.28. The van der Waals surface area contributed by atoms with Gasteiger partial charge in [0.05, 0.1) is 33.2 Å². The number of hydrogen-bond acceptors (Lipinski definition) is 7. The van der Waals surface area contributed by atoms with Crippen molar-refractivity contribution in [1.82, 2.24) is 19.7 Å². The van der Waals surface area contributed by atoms with Crippen LogP contribution in [0.5, 0.6) is 11.5 Å². The molecule has 180 valence electrons. The molecule has 34 heavy (non-hydrogen) atoms. The van der Waals surface area contributed by atoms with Crippen LogP contribution in [0.2, 0.25) is 0 Å². The SMILES string of the molecule is COc1ccc(CCn2c(Cc3ccccc3)nnc2SCC(=O)N2CCOCC2)cc1OC. The fraction of sp³-hybridized carbons (Fsp3) is 0.400. The van der Waals surface area contributed by atoms with Gasteiger partial charge in [0.2, 0.25) is 5.91 Å². The van der Waals surface area contributed by atoms with Crippen LogP contribution in [0, 0.1) is 0 Å². The number of ether oxygens (including phenoxy) is 3. The zero-order chi connectivity index (χ0) is 23.8. The number of methoxy groups -OCH3 is 2. The molecule has 9 heteroatoms. The van der Waals surface area contributed by atoms with E-state index in [0.29, 0.717) is 56.5 Å². The highest BCUT2D eigenvalue weighted by molar-refractivity contribution is 7.99. The summed E-state index contributed by atoms with van der Waals surface area (Å²) in [4.78, 5) is 14.5. The molecular formula is C25H30N4O4S. The molecule has 1 amide bonds. The highest BCUT2D eigenvalue weighted by Gasteiger charge is 2.20. The number of amides is 1. The minimum Gasteiger partial charge on any atom is -0.493 e. The predicted octanol–water partition coefficient (Wildman–Crippen LogP) is 3.08. The molecular weight excluding hydrogens is 452 g/mol. The van der Waals surface area contributed by atoms with Crippen LogP contribution in [0.4, 0.5) is 0 Å². The van der Waals surface area contributed by atoms with Gasteiger partial charge in [0.25, 0.3) is 0 Å². The summed E-state index contributed by atoms with van der Waals surface area (Å²) in [5.74, 6) is 2.73. The molecule has 0 N–H and O–H groups in total. The maximum atomic E-state index is 12.7. The van der Waals surface area contributed by atoms with Gasteiger partial charge < -0.3 is 23.7 Å². The zero-order valence-electron chi connectivity index (χ0n) is 19.6. The fourth-order valence-corrected chi connectivity index (χ4v) is 4.75. The largest absolute Gasteiger partial charge is 0.493 e. The summed E-state index contributed by atoms with van der Waals surface area (Å²) < 4.78 is 18.3. The van der Waals surface area contributed by atoms with Gasteiger partial charge in [-0.15, -0.1) is 10.2 Å². The Morgan fingerprint density at radius 3 is 2.50 bits per heavy atom. The number of hydrogen-bond donors (Lipinski definition) is 0. The second-order valence-corrected chi connectivity index (χ2v) is 8.88. The van der Waals surface area contributed by atoms with Crippen molar-refractivity contribution in [3.8, 4) is 11.5 Å². The second-order valence-electron chi connectivity index (χ2n) is 7.93. The van der Waals surface area contributed by atoms with Crippen molar-refractivity contribution in [2.24, 2.45) is 0 Å². The van der Waals surface area contributed by atoms with Gasteiger partial charge in [-0.2, -0.15) is 0 Å². The Morgan fingerprint density at radius 2 is 1.76 bits per heavy atom. The number of carbonyl (C=O) groups is 1. The van der Waals surface area contributed by atoms with Gasteiger partial charge in [0, 0.05) is 26.1 Å². The van der Waals surface area contributed by atoms with E-state index in [-0.39, 0.29) is 5.91 Å². The molecule has 1 saturated heterocycles. The monoisotopic (exact) mass is 482 g/mol. The quantitative estimate of drug-likeness (QED) is 0.411. The third-order valence-electron chi connectivity index (χ3n) is 5.76. The van der Waals surface area contributed by atoms with Crippen molar-refractivity contribution in [3.05, 3.63) is 65.5 Å². The van der Waals surface area contributed by atoms with Crippen LogP contribution in [0.15, 0.2) is 53.7 Å². The number of morpholine rings is 1. The number of carbonyl (C=O) groups excluding carboxylic acids is 1. The van der Waals surface area contributed by atoms with Gasteiger partial charge in [-0.3, -0.25) is 4.79 Å².